The molecule has 0 saturated heterocycles. The lowest BCUT2D eigenvalue weighted by Gasteiger charge is -2.17. The van der Waals surface area contributed by atoms with Gasteiger partial charge in [-0.05, 0) is 69.1 Å². The Morgan fingerprint density at radius 1 is 0.500 bits per heavy atom. The fraction of sp³-hybridized carbons (Fsp3) is 0.0930. The summed E-state index contributed by atoms with van der Waals surface area (Å²) in [6, 6.07) is 48.7. The van der Waals surface area contributed by atoms with Gasteiger partial charge >= 0.3 is 0 Å². The van der Waals surface area contributed by atoms with Crippen molar-refractivity contribution in [3.05, 3.63) is 188 Å². The number of rotatable bonds is 13. The predicted molar refractivity (Wildman–Crippen MR) is 204 cm³/mol. The molecule has 248 valence electrons. The average molecular weight is 773 g/mol. The van der Waals surface area contributed by atoms with Crippen LogP contribution in [0, 0.1) is 3.57 Å². The van der Waals surface area contributed by atoms with Crippen LogP contribution in [-0.4, -0.2) is 0 Å². The van der Waals surface area contributed by atoms with Crippen LogP contribution >= 0.6 is 22.6 Å². The predicted octanol–water partition coefficient (Wildman–Crippen LogP) is 10.4. The second kappa shape index (κ2) is 15.8. The highest BCUT2D eigenvalue weighted by atomic mass is 127. The number of halogens is 1. The first-order chi connectivity index (χ1) is 24.6. The zero-order valence-electron chi connectivity index (χ0n) is 27.1. The molecule has 0 radical (unpaired) electrons. The zero-order valence-corrected chi connectivity index (χ0v) is 29.2. The highest BCUT2D eigenvalue weighted by molar-refractivity contribution is 14.1. The van der Waals surface area contributed by atoms with Crippen molar-refractivity contribution < 1.29 is 23.4 Å². The van der Waals surface area contributed by atoms with Gasteiger partial charge in [0.15, 0.2) is 11.3 Å². The molecular weight excluding hydrogens is 739 g/mol. The summed E-state index contributed by atoms with van der Waals surface area (Å²) in [5, 5.41) is 0.284. The maximum absolute atomic E-state index is 14.6. The van der Waals surface area contributed by atoms with Crippen molar-refractivity contribution in [1.82, 2.24) is 0 Å². The molecule has 0 amide bonds. The summed E-state index contributed by atoms with van der Waals surface area (Å²) in [5.74, 6) is 1.98. The quantitative estimate of drug-likeness (QED) is 0.109. The molecule has 0 saturated carbocycles. The molecule has 6 aromatic carbocycles. The van der Waals surface area contributed by atoms with Crippen molar-refractivity contribution in [3.63, 3.8) is 0 Å². The van der Waals surface area contributed by atoms with Crippen LogP contribution in [0.15, 0.2) is 161 Å². The van der Waals surface area contributed by atoms with Crippen LogP contribution in [0.25, 0.3) is 22.3 Å². The minimum atomic E-state index is -0.336. The molecule has 0 N–H and O–H groups in total. The fourth-order valence-electron chi connectivity index (χ4n) is 5.45. The molecule has 0 aliphatic rings. The summed E-state index contributed by atoms with van der Waals surface area (Å²) >= 11 is 2.18. The Balaban J connectivity index is 1.31. The van der Waals surface area contributed by atoms with Crippen LogP contribution in [0.3, 0.4) is 0 Å². The summed E-state index contributed by atoms with van der Waals surface area (Å²) in [4.78, 5) is 14.6. The van der Waals surface area contributed by atoms with E-state index in [1.165, 1.54) is 0 Å². The first kappa shape index (κ1) is 33.0. The molecule has 0 spiro atoms. The lowest BCUT2D eigenvalue weighted by Crippen LogP contribution is -2.13. The number of hydrogen-bond donors (Lipinski definition) is 0. The summed E-state index contributed by atoms with van der Waals surface area (Å²) in [7, 11) is 0. The molecule has 6 nitrogen and oxygen atoms in total. The summed E-state index contributed by atoms with van der Waals surface area (Å²) < 4.78 is 32.4. The van der Waals surface area contributed by atoms with E-state index in [0.29, 0.717) is 50.9 Å². The fourth-order valence-corrected chi connectivity index (χ4v) is 6.14. The molecule has 1 heterocycles. The Labute approximate surface area is 304 Å². The van der Waals surface area contributed by atoms with E-state index in [2.05, 4.69) is 22.6 Å². The first-order valence-corrected chi connectivity index (χ1v) is 17.3. The first-order valence-electron chi connectivity index (χ1n) is 16.2. The van der Waals surface area contributed by atoms with Gasteiger partial charge in [0.1, 0.15) is 49.1 Å². The molecular formula is C43H33IO6. The number of benzene rings is 6. The highest BCUT2D eigenvalue weighted by Gasteiger charge is 2.25. The van der Waals surface area contributed by atoms with Crippen molar-refractivity contribution in [2.45, 2.75) is 26.4 Å². The molecule has 0 bridgehead atoms. The largest absolute Gasteiger partial charge is 0.489 e. The third-order valence-electron chi connectivity index (χ3n) is 8.06. The Morgan fingerprint density at radius 2 is 0.940 bits per heavy atom. The Hall–Kier alpha value is -5.54. The number of hydrogen-bond acceptors (Lipinski definition) is 6. The molecule has 7 rings (SSSR count). The smallest absolute Gasteiger partial charge is 0.239 e. The van der Waals surface area contributed by atoms with Gasteiger partial charge in [-0.2, -0.15) is 0 Å². The zero-order chi connectivity index (χ0) is 34.1. The molecule has 0 fully saturated rings. The summed E-state index contributed by atoms with van der Waals surface area (Å²) in [6.07, 6.45) is 0. The van der Waals surface area contributed by atoms with Crippen molar-refractivity contribution in [2.24, 2.45) is 0 Å². The van der Waals surface area contributed by atoms with Gasteiger partial charge in [0.05, 0.1) is 3.57 Å². The molecule has 7 aromatic rings. The van der Waals surface area contributed by atoms with Gasteiger partial charge < -0.3 is 23.4 Å². The van der Waals surface area contributed by atoms with E-state index in [4.69, 9.17) is 23.4 Å². The van der Waals surface area contributed by atoms with Gasteiger partial charge in [0.25, 0.3) is 0 Å². The van der Waals surface area contributed by atoms with Gasteiger partial charge in [0.2, 0.25) is 11.2 Å². The van der Waals surface area contributed by atoms with E-state index in [0.717, 1.165) is 22.3 Å². The van der Waals surface area contributed by atoms with E-state index < -0.39 is 0 Å². The minimum absolute atomic E-state index is 0.0950. The van der Waals surface area contributed by atoms with Gasteiger partial charge in [0, 0.05) is 11.6 Å². The Morgan fingerprint density at radius 3 is 1.44 bits per heavy atom. The van der Waals surface area contributed by atoms with E-state index in [1.54, 1.807) is 6.07 Å². The van der Waals surface area contributed by atoms with Crippen LogP contribution in [0.5, 0.6) is 23.0 Å². The van der Waals surface area contributed by atoms with E-state index >= 15 is 0 Å². The van der Waals surface area contributed by atoms with Gasteiger partial charge in [-0.15, -0.1) is 0 Å². The van der Waals surface area contributed by atoms with E-state index in [9.17, 15) is 4.79 Å². The lowest BCUT2D eigenvalue weighted by molar-refractivity contribution is 0.287. The normalized spacial score (nSPS) is 10.9. The number of fused-ring (bicyclic) bond motifs is 1. The van der Waals surface area contributed by atoms with Gasteiger partial charge in [-0.1, -0.05) is 121 Å². The van der Waals surface area contributed by atoms with Crippen molar-refractivity contribution >= 4 is 33.6 Å². The molecule has 50 heavy (non-hydrogen) atoms. The second-order valence-electron chi connectivity index (χ2n) is 11.6. The third kappa shape index (κ3) is 7.84. The number of ether oxygens (including phenoxy) is 4. The Kier molecular flexibility index (Phi) is 10.4. The molecule has 0 unspecified atom stereocenters. The van der Waals surface area contributed by atoms with E-state index in [1.807, 2.05) is 146 Å². The topological polar surface area (TPSA) is 67.1 Å². The second-order valence-corrected chi connectivity index (χ2v) is 12.7. The van der Waals surface area contributed by atoms with Crippen molar-refractivity contribution in [1.29, 1.82) is 0 Å². The molecule has 0 atom stereocenters. The van der Waals surface area contributed by atoms with Gasteiger partial charge in [-0.25, -0.2) is 0 Å². The highest BCUT2D eigenvalue weighted by Crippen LogP contribution is 2.41. The van der Waals surface area contributed by atoms with Gasteiger partial charge in [-0.3, -0.25) is 4.79 Å². The Bertz CT molecular complexity index is 2220. The SMILES string of the molecule is O=c1c(OCc2ccccc2)c(-c2ccc(OCc3ccccc3)cc2)oc2c(I)c(OCc3ccccc3)cc(OCc3ccccc3)c12. The minimum Gasteiger partial charge on any atom is -0.489 e. The van der Waals surface area contributed by atoms with E-state index in [-0.39, 0.29) is 29.8 Å². The molecule has 1 aromatic heterocycles. The van der Waals surface area contributed by atoms with Crippen LogP contribution in [-0.2, 0) is 26.4 Å². The van der Waals surface area contributed by atoms with Crippen LogP contribution in [0.4, 0.5) is 0 Å². The summed E-state index contributed by atoms with van der Waals surface area (Å²) in [5.41, 5.74) is 4.64. The van der Waals surface area contributed by atoms with Crippen LogP contribution < -0.4 is 24.4 Å². The maximum Gasteiger partial charge on any atom is 0.239 e. The van der Waals surface area contributed by atoms with Crippen molar-refractivity contribution in [2.75, 3.05) is 0 Å². The standard InChI is InChI=1S/C43H33IO6/c44-39-37(48-28-32-17-9-3-10-18-32)25-36(47-27-31-15-7-2-8-16-31)38-40(45)43(49-29-33-19-11-4-12-20-33)41(50-42(38)39)34-21-23-35(24-22-34)46-26-30-13-5-1-6-14-30/h1-25H,26-29H2. The molecule has 7 heteroatoms. The van der Waals surface area contributed by atoms with Crippen molar-refractivity contribution in [3.8, 4) is 34.3 Å². The van der Waals surface area contributed by atoms with Crippen LogP contribution in [0.2, 0.25) is 0 Å². The monoisotopic (exact) mass is 772 g/mol. The third-order valence-corrected chi connectivity index (χ3v) is 9.08. The lowest BCUT2D eigenvalue weighted by atomic mass is 10.1. The maximum atomic E-state index is 14.6. The average Bonchev–Trinajstić information content (AvgIpc) is 3.18. The molecule has 0 aliphatic carbocycles. The molecule has 0 aliphatic heterocycles. The summed E-state index contributed by atoms with van der Waals surface area (Å²) in [6.45, 7) is 1.20. The van der Waals surface area contributed by atoms with Crippen LogP contribution in [0.1, 0.15) is 22.3 Å².